The number of halogens is 2. The third kappa shape index (κ3) is 4.55. The molecule has 0 aliphatic heterocycles. The van der Waals surface area contributed by atoms with Crippen LogP contribution in [-0.4, -0.2) is 13.1 Å². The van der Waals surface area contributed by atoms with Gasteiger partial charge >= 0.3 is 0 Å². The van der Waals surface area contributed by atoms with Crippen molar-refractivity contribution in [1.82, 2.24) is 0 Å². The van der Waals surface area contributed by atoms with E-state index in [9.17, 15) is 4.39 Å². The highest BCUT2D eigenvalue weighted by atomic mass is 79.9. The van der Waals surface area contributed by atoms with E-state index in [1.165, 1.54) is 11.6 Å². The average Bonchev–Trinajstić information content (AvgIpc) is 2.37. The van der Waals surface area contributed by atoms with Crippen LogP contribution in [-0.2, 0) is 13.0 Å². The average molecular weight is 351 g/mol. The first-order valence-corrected chi connectivity index (χ1v) is 7.74. The first kappa shape index (κ1) is 16.0. The molecule has 0 aliphatic rings. The maximum absolute atomic E-state index is 13.5. The van der Waals surface area contributed by atoms with Gasteiger partial charge in [0.2, 0.25) is 0 Å². The molecule has 0 saturated carbocycles. The topological polar surface area (TPSA) is 29.3 Å². The van der Waals surface area contributed by atoms with Crippen molar-refractivity contribution >= 4 is 21.6 Å². The summed E-state index contributed by atoms with van der Waals surface area (Å²) in [6.45, 7) is 2.69. The van der Waals surface area contributed by atoms with Gasteiger partial charge in [-0.2, -0.15) is 0 Å². The van der Waals surface area contributed by atoms with Crippen LogP contribution in [0.5, 0.6) is 0 Å². The largest absolute Gasteiger partial charge is 0.370 e. The Hall–Kier alpha value is -1.39. The number of hydrogen-bond donors (Lipinski definition) is 1. The molecule has 0 bridgehead atoms. The minimum Gasteiger partial charge on any atom is -0.370 e. The molecule has 4 heteroatoms. The lowest BCUT2D eigenvalue weighted by Crippen LogP contribution is -2.22. The van der Waals surface area contributed by atoms with Crippen LogP contribution in [0.3, 0.4) is 0 Å². The second-order valence-electron chi connectivity index (χ2n) is 5.44. The summed E-state index contributed by atoms with van der Waals surface area (Å²) in [5, 5.41) is 0. The van der Waals surface area contributed by atoms with E-state index in [2.05, 4.69) is 33.0 Å². The molecule has 0 amide bonds. The number of nitrogens with zero attached hydrogens (tertiary/aromatic N) is 1. The van der Waals surface area contributed by atoms with Gasteiger partial charge in [-0.25, -0.2) is 4.39 Å². The fourth-order valence-corrected chi connectivity index (χ4v) is 2.88. The van der Waals surface area contributed by atoms with Gasteiger partial charge < -0.3 is 10.6 Å². The molecule has 0 saturated heterocycles. The Morgan fingerprint density at radius 3 is 2.67 bits per heavy atom. The summed E-state index contributed by atoms with van der Waals surface area (Å²) >= 11 is 3.48. The van der Waals surface area contributed by atoms with Crippen LogP contribution in [0, 0.1) is 5.82 Å². The third-order valence-electron chi connectivity index (χ3n) is 3.30. The molecular formula is C17H20BrFN2. The molecule has 2 rings (SSSR count). The summed E-state index contributed by atoms with van der Waals surface area (Å²) in [6.07, 6.45) is 0.663. The highest BCUT2D eigenvalue weighted by molar-refractivity contribution is 9.10. The van der Waals surface area contributed by atoms with E-state index in [1.54, 1.807) is 6.07 Å². The van der Waals surface area contributed by atoms with Crippen molar-refractivity contribution in [2.75, 3.05) is 11.9 Å². The van der Waals surface area contributed by atoms with Gasteiger partial charge in [-0.1, -0.05) is 28.1 Å². The van der Waals surface area contributed by atoms with Crippen molar-refractivity contribution < 1.29 is 4.39 Å². The molecule has 2 nitrogen and oxygen atoms in total. The van der Waals surface area contributed by atoms with Crippen molar-refractivity contribution in [2.24, 2.45) is 5.73 Å². The molecular weight excluding hydrogens is 331 g/mol. The summed E-state index contributed by atoms with van der Waals surface area (Å²) in [5.41, 5.74) is 9.03. The fourth-order valence-electron chi connectivity index (χ4n) is 2.43. The highest BCUT2D eigenvalue weighted by Crippen LogP contribution is 2.24. The minimum atomic E-state index is -0.217. The fraction of sp³-hybridized carbons (Fsp3) is 0.294. The number of hydrogen-bond acceptors (Lipinski definition) is 2. The standard InChI is InChI=1S/C17H20BrFN2/c1-12(20)8-14-10-16(19)6-7-17(14)21(2)11-13-4-3-5-15(18)9-13/h3-7,9-10,12H,8,11,20H2,1-2H3. The van der Waals surface area contributed by atoms with E-state index in [0.717, 1.165) is 22.3 Å². The molecule has 0 aromatic heterocycles. The lowest BCUT2D eigenvalue weighted by molar-refractivity contribution is 0.622. The summed E-state index contributed by atoms with van der Waals surface area (Å²) < 4.78 is 14.5. The van der Waals surface area contributed by atoms with E-state index in [4.69, 9.17) is 5.73 Å². The SMILES string of the molecule is CC(N)Cc1cc(F)ccc1N(C)Cc1cccc(Br)c1. The molecule has 0 spiro atoms. The molecule has 1 unspecified atom stereocenters. The molecule has 2 aromatic carbocycles. The first-order valence-electron chi connectivity index (χ1n) is 6.95. The number of anilines is 1. The Labute approximate surface area is 133 Å². The Morgan fingerprint density at radius 1 is 1.24 bits per heavy atom. The second kappa shape index (κ2) is 7.05. The number of rotatable bonds is 5. The van der Waals surface area contributed by atoms with Gasteiger partial charge in [0.25, 0.3) is 0 Å². The molecule has 1 atom stereocenters. The normalized spacial score (nSPS) is 12.2. The van der Waals surface area contributed by atoms with Gasteiger partial charge in [0, 0.05) is 29.8 Å². The van der Waals surface area contributed by atoms with Crippen LogP contribution in [0.1, 0.15) is 18.1 Å². The quantitative estimate of drug-likeness (QED) is 0.878. The Morgan fingerprint density at radius 2 is 2.00 bits per heavy atom. The molecule has 0 heterocycles. The van der Waals surface area contributed by atoms with Crippen LogP contribution in [0.4, 0.5) is 10.1 Å². The van der Waals surface area contributed by atoms with Gasteiger partial charge in [-0.05, 0) is 54.8 Å². The van der Waals surface area contributed by atoms with Crippen LogP contribution in [0.15, 0.2) is 46.9 Å². The summed E-state index contributed by atoms with van der Waals surface area (Å²) in [7, 11) is 2.01. The van der Waals surface area contributed by atoms with Gasteiger partial charge in [-0.3, -0.25) is 0 Å². The van der Waals surface area contributed by atoms with Crippen LogP contribution >= 0.6 is 15.9 Å². The molecule has 0 radical (unpaired) electrons. The zero-order valence-corrected chi connectivity index (χ0v) is 13.9. The van der Waals surface area contributed by atoms with E-state index < -0.39 is 0 Å². The summed E-state index contributed by atoms with van der Waals surface area (Å²) in [5.74, 6) is -0.217. The molecule has 112 valence electrons. The van der Waals surface area contributed by atoms with Gasteiger partial charge in [-0.15, -0.1) is 0 Å². The molecule has 0 aliphatic carbocycles. The van der Waals surface area contributed by atoms with Crippen LogP contribution in [0.25, 0.3) is 0 Å². The van der Waals surface area contributed by atoms with Crippen molar-refractivity contribution in [3.8, 4) is 0 Å². The predicted molar refractivity (Wildman–Crippen MR) is 90.0 cm³/mol. The van der Waals surface area contributed by atoms with Gasteiger partial charge in [0.15, 0.2) is 0 Å². The maximum atomic E-state index is 13.5. The van der Waals surface area contributed by atoms with Crippen molar-refractivity contribution in [1.29, 1.82) is 0 Å². The zero-order valence-electron chi connectivity index (χ0n) is 12.3. The van der Waals surface area contributed by atoms with Gasteiger partial charge in [0.05, 0.1) is 0 Å². The van der Waals surface area contributed by atoms with E-state index in [-0.39, 0.29) is 11.9 Å². The van der Waals surface area contributed by atoms with Crippen LogP contribution < -0.4 is 10.6 Å². The Bertz CT molecular complexity index is 613. The monoisotopic (exact) mass is 350 g/mol. The van der Waals surface area contributed by atoms with Gasteiger partial charge in [0.1, 0.15) is 5.82 Å². The van der Waals surface area contributed by atoms with E-state index >= 15 is 0 Å². The molecule has 21 heavy (non-hydrogen) atoms. The third-order valence-corrected chi connectivity index (χ3v) is 3.80. The number of nitrogens with two attached hydrogens (primary N) is 1. The minimum absolute atomic E-state index is 0.00446. The molecule has 0 fully saturated rings. The molecule has 2 aromatic rings. The van der Waals surface area contributed by atoms with Crippen molar-refractivity contribution in [3.63, 3.8) is 0 Å². The maximum Gasteiger partial charge on any atom is 0.123 e. The Kier molecular flexibility index (Phi) is 5.37. The highest BCUT2D eigenvalue weighted by Gasteiger charge is 2.11. The van der Waals surface area contributed by atoms with Crippen LogP contribution in [0.2, 0.25) is 0 Å². The second-order valence-corrected chi connectivity index (χ2v) is 6.36. The van der Waals surface area contributed by atoms with Crippen molar-refractivity contribution in [3.05, 3.63) is 63.9 Å². The lowest BCUT2D eigenvalue weighted by atomic mass is 10.0. The zero-order chi connectivity index (χ0) is 15.4. The Balaban J connectivity index is 2.23. The first-order chi connectivity index (χ1) is 9.95. The lowest BCUT2D eigenvalue weighted by Gasteiger charge is -2.23. The van der Waals surface area contributed by atoms with Crippen molar-refractivity contribution in [2.45, 2.75) is 25.9 Å². The summed E-state index contributed by atoms with van der Waals surface area (Å²) in [4.78, 5) is 2.12. The summed E-state index contributed by atoms with van der Waals surface area (Å²) in [6, 6.07) is 13.1. The molecule has 2 N–H and O–H groups in total. The van der Waals surface area contributed by atoms with E-state index in [1.807, 2.05) is 32.2 Å². The number of benzene rings is 2. The smallest absolute Gasteiger partial charge is 0.123 e. The van der Waals surface area contributed by atoms with E-state index in [0.29, 0.717) is 6.42 Å². The predicted octanol–water partition coefficient (Wildman–Crippen LogP) is 4.11.